The van der Waals surface area contributed by atoms with Gasteiger partial charge < -0.3 is 5.32 Å². The fourth-order valence-electron chi connectivity index (χ4n) is 4.40. The van der Waals surface area contributed by atoms with E-state index in [1.165, 1.54) is 26.2 Å². The summed E-state index contributed by atoms with van der Waals surface area (Å²) in [6.45, 7) is 1.79. The fraction of sp³-hybridized carbons (Fsp3) is 0.107. The molecule has 0 saturated carbocycles. The highest BCUT2D eigenvalue weighted by Crippen LogP contribution is 2.35. The smallest absolute Gasteiger partial charge is 0.131 e. The third-order valence-electron chi connectivity index (χ3n) is 6.14. The van der Waals surface area contributed by atoms with Crippen LogP contribution in [-0.2, 0) is 0 Å². The van der Waals surface area contributed by atoms with Crippen LogP contribution in [0.3, 0.4) is 0 Å². The number of fused-ring (bicyclic) bond motifs is 3. The van der Waals surface area contributed by atoms with Gasteiger partial charge in [-0.1, -0.05) is 54.6 Å². The summed E-state index contributed by atoms with van der Waals surface area (Å²) in [5.41, 5.74) is 3.72. The van der Waals surface area contributed by atoms with Crippen LogP contribution in [0.4, 0.5) is 4.39 Å². The Hall–Kier alpha value is -3.54. The summed E-state index contributed by atoms with van der Waals surface area (Å²) >= 11 is 1.81. The summed E-state index contributed by atoms with van der Waals surface area (Å²) < 4.78 is 16.5. The molecule has 33 heavy (non-hydrogen) atoms. The zero-order valence-corrected chi connectivity index (χ0v) is 18.9. The predicted octanol–water partition coefficient (Wildman–Crippen LogP) is 6.84. The SMILES string of the molecule is Cc1cc(C2N=C(c3ccc4sc5ccccc5c4c3)NC(c3ccccc3)N2)ccc1F. The molecule has 3 nitrogen and oxygen atoms in total. The largest absolute Gasteiger partial charge is 0.350 e. The molecule has 6 rings (SSSR count). The van der Waals surface area contributed by atoms with Crippen LogP contribution in [0.25, 0.3) is 20.2 Å². The van der Waals surface area contributed by atoms with Gasteiger partial charge in [0.25, 0.3) is 0 Å². The first kappa shape index (κ1) is 20.1. The highest BCUT2D eigenvalue weighted by Gasteiger charge is 2.26. The van der Waals surface area contributed by atoms with Crippen LogP contribution < -0.4 is 10.6 Å². The first-order valence-corrected chi connectivity index (χ1v) is 11.8. The van der Waals surface area contributed by atoms with E-state index in [2.05, 4.69) is 65.2 Å². The number of aryl methyl sites for hydroxylation is 1. The van der Waals surface area contributed by atoms with Crippen LogP contribution in [0.5, 0.6) is 0 Å². The number of benzene rings is 4. The average molecular weight is 452 g/mol. The van der Waals surface area contributed by atoms with Crippen molar-refractivity contribution in [3.63, 3.8) is 0 Å². The molecule has 4 aromatic carbocycles. The molecule has 2 N–H and O–H groups in total. The van der Waals surface area contributed by atoms with E-state index in [1.54, 1.807) is 18.3 Å². The number of aliphatic imine (C=N–C) groups is 1. The van der Waals surface area contributed by atoms with E-state index in [9.17, 15) is 4.39 Å². The zero-order valence-electron chi connectivity index (χ0n) is 18.0. The predicted molar refractivity (Wildman–Crippen MR) is 135 cm³/mol. The summed E-state index contributed by atoms with van der Waals surface area (Å²) in [4.78, 5) is 5.02. The van der Waals surface area contributed by atoms with E-state index in [-0.39, 0.29) is 18.1 Å². The fourth-order valence-corrected chi connectivity index (χ4v) is 5.49. The minimum atomic E-state index is -0.291. The molecule has 162 valence electrons. The summed E-state index contributed by atoms with van der Waals surface area (Å²) in [7, 11) is 0. The number of thiophene rings is 1. The van der Waals surface area contributed by atoms with E-state index < -0.39 is 0 Å². The summed E-state index contributed by atoms with van der Waals surface area (Å²) in [6, 6.07) is 30.5. The number of rotatable bonds is 3. The number of amidine groups is 1. The van der Waals surface area contributed by atoms with Crippen LogP contribution >= 0.6 is 11.3 Å². The van der Waals surface area contributed by atoms with E-state index >= 15 is 0 Å². The third kappa shape index (κ3) is 3.69. The monoisotopic (exact) mass is 451 g/mol. The van der Waals surface area contributed by atoms with Crippen molar-refractivity contribution in [1.29, 1.82) is 0 Å². The second kappa shape index (κ2) is 8.10. The summed E-state index contributed by atoms with van der Waals surface area (Å²) in [5.74, 6) is 0.623. The molecule has 0 amide bonds. The second-order valence-electron chi connectivity index (χ2n) is 8.35. The summed E-state index contributed by atoms with van der Waals surface area (Å²) in [5, 5.41) is 9.66. The van der Waals surface area contributed by atoms with Crippen molar-refractivity contribution >= 4 is 37.3 Å². The molecular formula is C28H22FN3S. The maximum Gasteiger partial charge on any atom is 0.131 e. The van der Waals surface area contributed by atoms with E-state index in [4.69, 9.17) is 4.99 Å². The van der Waals surface area contributed by atoms with Gasteiger partial charge in [0.1, 0.15) is 24.0 Å². The van der Waals surface area contributed by atoms with E-state index in [1.807, 2.05) is 30.3 Å². The molecule has 0 bridgehead atoms. The molecule has 0 spiro atoms. The Balaban J connectivity index is 1.47. The van der Waals surface area contributed by atoms with E-state index in [0.29, 0.717) is 5.56 Å². The lowest BCUT2D eigenvalue weighted by Crippen LogP contribution is -2.44. The molecule has 5 aromatic rings. The van der Waals surface area contributed by atoms with Crippen LogP contribution in [0, 0.1) is 12.7 Å². The van der Waals surface area contributed by atoms with Gasteiger partial charge in [-0.3, -0.25) is 5.32 Å². The molecule has 1 aliphatic rings. The van der Waals surface area contributed by atoms with Gasteiger partial charge in [0, 0.05) is 25.7 Å². The molecule has 0 aliphatic carbocycles. The minimum absolute atomic E-state index is 0.121. The lowest BCUT2D eigenvalue weighted by atomic mass is 10.0. The molecule has 0 radical (unpaired) electrons. The van der Waals surface area contributed by atoms with Crippen molar-refractivity contribution in [3.05, 3.63) is 119 Å². The Morgan fingerprint density at radius 1 is 0.788 bits per heavy atom. The molecule has 1 aromatic heterocycles. The van der Waals surface area contributed by atoms with Crippen molar-refractivity contribution in [2.45, 2.75) is 19.3 Å². The number of nitrogens with one attached hydrogen (secondary N) is 2. The van der Waals surface area contributed by atoms with E-state index in [0.717, 1.165) is 22.5 Å². The molecule has 0 saturated heterocycles. The minimum Gasteiger partial charge on any atom is -0.350 e. The van der Waals surface area contributed by atoms with Crippen molar-refractivity contribution in [2.75, 3.05) is 0 Å². The lowest BCUT2D eigenvalue weighted by Gasteiger charge is -2.32. The number of halogens is 1. The number of hydrogen-bond donors (Lipinski definition) is 2. The van der Waals surface area contributed by atoms with Crippen LogP contribution in [0.2, 0.25) is 0 Å². The zero-order chi connectivity index (χ0) is 22.4. The first-order chi connectivity index (χ1) is 16.2. The van der Waals surface area contributed by atoms with Gasteiger partial charge >= 0.3 is 0 Å². The molecular weight excluding hydrogens is 429 g/mol. The van der Waals surface area contributed by atoms with Crippen molar-refractivity contribution in [1.82, 2.24) is 10.6 Å². The maximum absolute atomic E-state index is 13.9. The molecule has 2 unspecified atom stereocenters. The van der Waals surface area contributed by atoms with Gasteiger partial charge in [0.05, 0.1) is 0 Å². The van der Waals surface area contributed by atoms with Gasteiger partial charge in [0.15, 0.2) is 0 Å². The van der Waals surface area contributed by atoms with Crippen LogP contribution in [-0.4, -0.2) is 5.84 Å². The van der Waals surface area contributed by atoms with Gasteiger partial charge in [-0.2, -0.15) is 0 Å². The highest BCUT2D eigenvalue weighted by atomic mass is 32.1. The molecule has 2 heterocycles. The molecule has 0 fully saturated rings. The maximum atomic E-state index is 13.9. The standard InChI is InChI=1S/C28H22FN3S/c1-17-15-19(11-13-23(17)29)27-30-26(18-7-3-2-4-8-18)31-28(32-27)20-12-14-25-22(16-20)21-9-5-6-10-24(21)33-25/h2-16,26-27,30H,1H3,(H,31,32). The highest BCUT2D eigenvalue weighted by molar-refractivity contribution is 7.25. The Morgan fingerprint density at radius 2 is 1.58 bits per heavy atom. The van der Waals surface area contributed by atoms with Gasteiger partial charge in [-0.15, -0.1) is 11.3 Å². The summed E-state index contributed by atoms with van der Waals surface area (Å²) in [6.07, 6.45) is -0.412. The molecule has 1 aliphatic heterocycles. The van der Waals surface area contributed by atoms with Gasteiger partial charge in [-0.05, 0) is 60.0 Å². The third-order valence-corrected chi connectivity index (χ3v) is 7.30. The Labute approximate surface area is 195 Å². The van der Waals surface area contributed by atoms with Crippen molar-refractivity contribution in [2.24, 2.45) is 4.99 Å². The van der Waals surface area contributed by atoms with Crippen LogP contribution in [0.1, 0.15) is 34.6 Å². The van der Waals surface area contributed by atoms with Crippen LogP contribution in [0.15, 0.2) is 96.0 Å². The topological polar surface area (TPSA) is 36.4 Å². The Bertz CT molecular complexity index is 1510. The number of nitrogens with zero attached hydrogens (tertiary/aromatic N) is 1. The normalized spacial score (nSPS) is 18.3. The van der Waals surface area contributed by atoms with Gasteiger partial charge in [0.2, 0.25) is 0 Å². The van der Waals surface area contributed by atoms with Crippen molar-refractivity contribution < 1.29 is 4.39 Å². The second-order valence-corrected chi connectivity index (χ2v) is 9.44. The van der Waals surface area contributed by atoms with Gasteiger partial charge in [-0.25, -0.2) is 9.38 Å². The quantitative estimate of drug-likeness (QED) is 0.315. The number of hydrogen-bond acceptors (Lipinski definition) is 4. The Kier molecular flexibility index (Phi) is 4.93. The Morgan fingerprint density at radius 3 is 2.42 bits per heavy atom. The first-order valence-electron chi connectivity index (χ1n) is 11.0. The molecule has 2 atom stereocenters. The average Bonchev–Trinajstić information content (AvgIpc) is 3.24. The van der Waals surface area contributed by atoms with Crippen molar-refractivity contribution in [3.8, 4) is 0 Å². The lowest BCUT2D eigenvalue weighted by molar-refractivity contribution is 0.408. The molecule has 5 heteroatoms.